The van der Waals surface area contributed by atoms with Gasteiger partial charge in [0, 0.05) is 18.8 Å². The summed E-state index contributed by atoms with van der Waals surface area (Å²) < 4.78 is 1.70. The summed E-state index contributed by atoms with van der Waals surface area (Å²) in [6.07, 6.45) is 3.15. The predicted octanol–water partition coefficient (Wildman–Crippen LogP) is 1.11. The first-order valence-corrected chi connectivity index (χ1v) is 3.78. The molecule has 0 radical (unpaired) electrons. The maximum atomic E-state index is 9.56. The highest BCUT2D eigenvalue weighted by atomic mass is 16.3. The zero-order chi connectivity index (χ0) is 8.43. The molecule has 1 aromatic heterocycles. The summed E-state index contributed by atoms with van der Waals surface area (Å²) in [6, 6.07) is 0. The van der Waals surface area contributed by atoms with Crippen LogP contribution in [0.4, 0.5) is 0 Å². The quantitative estimate of drug-likeness (QED) is 0.693. The highest BCUT2D eigenvalue weighted by Gasteiger charge is 2.12. The van der Waals surface area contributed by atoms with Crippen LogP contribution < -0.4 is 0 Å². The van der Waals surface area contributed by atoms with Crippen LogP contribution in [0.1, 0.15) is 25.5 Å². The monoisotopic (exact) mass is 154 g/mol. The SMILES string of the molecule is CC(C)C(O)c1cnn(C)c1. The van der Waals surface area contributed by atoms with Gasteiger partial charge < -0.3 is 5.11 Å². The number of aryl methyl sites for hydroxylation is 1. The molecule has 3 heteroatoms. The van der Waals surface area contributed by atoms with Crippen molar-refractivity contribution in [2.24, 2.45) is 13.0 Å². The second-order valence-corrected chi connectivity index (χ2v) is 3.14. The van der Waals surface area contributed by atoms with E-state index in [4.69, 9.17) is 0 Å². The molecule has 1 unspecified atom stereocenters. The van der Waals surface area contributed by atoms with Gasteiger partial charge in [-0.25, -0.2) is 0 Å². The van der Waals surface area contributed by atoms with Gasteiger partial charge in [0.1, 0.15) is 0 Å². The van der Waals surface area contributed by atoms with Gasteiger partial charge in [-0.2, -0.15) is 5.10 Å². The Morgan fingerprint density at radius 3 is 2.55 bits per heavy atom. The first-order valence-electron chi connectivity index (χ1n) is 3.78. The Morgan fingerprint density at radius 2 is 2.18 bits per heavy atom. The lowest BCUT2D eigenvalue weighted by molar-refractivity contribution is 0.127. The van der Waals surface area contributed by atoms with Gasteiger partial charge in [-0.1, -0.05) is 13.8 Å². The maximum Gasteiger partial charge on any atom is 0.0843 e. The highest BCUT2D eigenvalue weighted by molar-refractivity contribution is 5.08. The molecule has 1 rings (SSSR count). The van der Waals surface area contributed by atoms with E-state index in [0.717, 1.165) is 5.56 Å². The summed E-state index contributed by atoms with van der Waals surface area (Å²) in [5, 5.41) is 13.5. The van der Waals surface area contributed by atoms with Crippen LogP contribution in [0, 0.1) is 5.92 Å². The number of rotatable bonds is 2. The summed E-state index contributed by atoms with van der Waals surface area (Å²) in [6.45, 7) is 3.97. The van der Waals surface area contributed by atoms with E-state index in [1.165, 1.54) is 0 Å². The molecule has 0 saturated heterocycles. The molecule has 0 aliphatic rings. The molecule has 62 valence electrons. The van der Waals surface area contributed by atoms with E-state index in [2.05, 4.69) is 5.10 Å². The van der Waals surface area contributed by atoms with Crippen molar-refractivity contribution in [3.05, 3.63) is 18.0 Å². The molecule has 0 amide bonds. The van der Waals surface area contributed by atoms with Crippen molar-refractivity contribution in [1.82, 2.24) is 9.78 Å². The Morgan fingerprint density at radius 1 is 1.55 bits per heavy atom. The van der Waals surface area contributed by atoms with Crippen molar-refractivity contribution >= 4 is 0 Å². The minimum Gasteiger partial charge on any atom is -0.388 e. The van der Waals surface area contributed by atoms with Gasteiger partial charge in [-0.15, -0.1) is 0 Å². The van der Waals surface area contributed by atoms with Crippen molar-refractivity contribution in [2.75, 3.05) is 0 Å². The number of hydrogen-bond donors (Lipinski definition) is 1. The average molecular weight is 154 g/mol. The Labute approximate surface area is 66.7 Å². The fourth-order valence-corrected chi connectivity index (χ4v) is 0.978. The third-order valence-corrected chi connectivity index (χ3v) is 1.70. The van der Waals surface area contributed by atoms with Crippen LogP contribution in [0.15, 0.2) is 12.4 Å². The fourth-order valence-electron chi connectivity index (χ4n) is 0.978. The number of hydrogen-bond acceptors (Lipinski definition) is 2. The first kappa shape index (κ1) is 8.27. The van der Waals surface area contributed by atoms with E-state index < -0.39 is 0 Å². The standard InChI is InChI=1S/C8H14N2O/c1-6(2)8(11)7-4-9-10(3)5-7/h4-6,8,11H,1-3H3. The Bertz CT molecular complexity index is 230. The first-order chi connectivity index (χ1) is 5.11. The smallest absolute Gasteiger partial charge is 0.0843 e. The molecule has 3 nitrogen and oxygen atoms in total. The second-order valence-electron chi connectivity index (χ2n) is 3.14. The third-order valence-electron chi connectivity index (χ3n) is 1.70. The highest BCUT2D eigenvalue weighted by Crippen LogP contribution is 2.19. The van der Waals surface area contributed by atoms with Crippen LogP contribution in [-0.2, 0) is 7.05 Å². The lowest BCUT2D eigenvalue weighted by atomic mass is 10.0. The van der Waals surface area contributed by atoms with E-state index in [9.17, 15) is 5.11 Å². The molecular formula is C8H14N2O. The van der Waals surface area contributed by atoms with Crippen LogP contribution in [0.2, 0.25) is 0 Å². The second kappa shape index (κ2) is 3.05. The van der Waals surface area contributed by atoms with Gasteiger partial charge in [0.05, 0.1) is 12.3 Å². The van der Waals surface area contributed by atoms with E-state index in [1.807, 2.05) is 27.1 Å². The molecule has 0 saturated carbocycles. The van der Waals surface area contributed by atoms with E-state index in [0.29, 0.717) is 0 Å². The van der Waals surface area contributed by atoms with Crippen molar-refractivity contribution in [2.45, 2.75) is 20.0 Å². The molecule has 0 bridgehead atoms. The lowest BCUT2D eigenvalue weighted by Gasteiger charge is -2.11. The van der Waals surface area contributed by atoms with Crippen molar-refractivity contribution in [3.63, 3.8) is 0 Å². The number of aliphatic hydroxyl groups excluding tert-OH is 1. The Kier molecular flexibility index (Phi) is 2.29. The average Bonchev–Trinajstić information content (AvgIpc) is 2.34. The lowest BCUT2D eigenvalue weighted by Crippen LogP contribution is -2.03. The number of nitrogens with zero attached hydrogens (tertiary/aromatic N) is 2. The van der Waals surface area contributed by atoms with Crippen LogP contribution >= 0.6 is 0 Å². The Hall–Kier alpha value is -0.830. The fraction of sp³-hybridized carbons (Fsp3) is 0.625. The van der Waals surface area contributed by atoms with Crippen molar-refractivity contribution in [3.8, 4) is 0 Å². The van der Waals surface area contributed by atoms with E-state index >= 15 is 0 Å². The number of aliphatic hydroxyl groups is 1. The van der Waals surface area contributed by atoms with E-state index in [1.54, 1.807) is 10.9 Å². The van der Waals surface area contributed by atoms with Crippen LogP contribution in [0.3, 0.4) is 0 Å². The Balaban J connectivity index is 2.76. The normalized spacial score (nSPS) is 13.9. The topological polar surface area (TPSA) is 38.1 Å². The molecule has 1 heterocycles. The third kappa shape index (κ3) is 1.80. The summed E-state index contributed by atoms with van der Waals surface area (Å²) in [5.74, 6) is 0.249. The summed E-state index contributed by atoms with van der Waals surface area (Å²) in [5.41, 5.74) is 0.891. The molecule has 1 atom stereocenters. The largest absolute Gasteiger partial charge is 0.388 e. The van der Waals surface area contributed by atoms with Gasteiger partial charge in [-0.05, 0) is 5.92 Å². The molecule has 0 spiro atoms. The van der Waals surface area contributed by atoms with Gasteiger partial charge >= 0.3 is 0 Å². The number of aromatic nitrogens is 2. The molecular weight excluding hydrogens is 140 g/mol. The molecule has 0 aliphatic heterocycles. The molecule has 1 aromatic rings. The van der Waals surface area contributed by atoms with Gasteiger partial charge in [0.15, 0.2) is 0 Å². The molecule has 0 aliphatic carbocycles. The van der Waals surface area contributed by atoms with Crippen molar-refractivity contribution in [1.29, 1.82) is 0 Å². The van der Waals surface area contributed by atoms with Crippen LogP contribution in [0.25, 0.3) is 0 Å². The summed E-state index contributed by atoms with van der Waals surface area (Å²) >= 11 is 0. The summed E-state index contributed by atoms with van der Waals surface area (Å²) in [7, 11) is 1.84. The van der Waals surface area contributed by atoms with Gasteiger partial charge in [-0.3, -0.25) is 4.68 Å². The summed E-state index contributed by atoms with van der Waals surface area (Å²) in [4.78, 5) is 0. The molecule has 0 aromatic carbocycles. The zero-order valence-electron chi connectivity index (χ0n) is 7.15. The molecule has 0 fully saturated rings. The molecule has 1 N–H and O–H groups in total. The van der Waals surface area contributed by atoms with E-state index in [-0.39, 0.29) is 12.0 Å². The predicted molar refractivity (Wildman–Crippen MR) is 43.0 cm³/mol. The maximum absolute atomic E-state index is 9.56. The minimum absolute atomic E-state index is 0.249. The van der Waals surface area contributed by atoms with Crippen LogP contribution in [-0.4, -0.2) is 14.9 Å². The van der Waals surface area contributed by atoms with Crippen LogP contribution in [0.5, 0.6) is 0 Å². The van der Waals surface area contributed by atoms with Gasteiger partial charge in [0.2, 0.25) is 0 Å². The minimum atomic E-state index is -0.385. The molecule has 11 heavy (non-hydrogen) atoms. The van der Waals surface area contributed by atoms with Gasteiger partial charge in [0.25, 0.3) is 0 Å². The van der Waals surface area contributed by atoms with Crippen molar-refractivity contribution < 1.29 is 5.11 Å². The zero-order valence-corrected chi connectivity index (χ0v) is 7.15.